The first-order chi connectivity index (χ1) is 13.4. The summed E-state index contributed by atoms with van der Waals surface area (Å²) < 4.78 is 6.32. The van der Waals surface area contributed by atoms with E-state index in [0.717, 1.165) is 21.3 Å². The van der Waals surface area contributed by atoms with E-state index in [1.807, 2.05) is 31.2 Å². The molecule has 28 heavy (non-hydrogen) atoms. The van der Waals surface area contributed by atoms with Crippen LogP contribution in [0, 0.1) is 6.92 Å². The van der Waals surface area contributed by atoms with E-state index in [1.54, 1.807) is 24.3 Å². The Labute approximate surface area is 180 Å². The molecular formula is C20H16BrClN2O3S. The molecule has 0 unspecified atom stereocenters. The van der Waals surface area contributed by atoms with Crippen molar-refractivity contribution in [2.75, 3.05) is 5.32 Å². The van der Waals surface area contributed by atoms with Gasteiger partial charge in [-0.3, -0.25) is 10.1 Å². The molecule has 3 N–H and O–H groups in total. The summed E-state index contributed by atoms with van der Waals surface area (Å²) in [5, 5.41) is 15.2. The summed E-state index contributed by atoms with van der Waals surface area (Å²) in [5.74, 6) is 0.782. The number of rotatable bonds is 4. The highest BCUT2D eigenvalue weighted by molar-refractivity contribution is 9.10. The summed E-state index contributed by atoms with van der Waals surface area (Å²) in [4.78, 5) is 12.4. The number of aliphatic hydroxyl groups excluding tert-OH is 1. The zero-order valence-electron chi connectivity index (χ0n) is 14.8. The molecule has 0 saturated carbocycles. The van der Waals surface area contributed by atoms with Crippen LogP contribution in [0.25, 0.3) is 11.3 Å². The largest absolute Gasteiger partial charge is 0.459 e. The molecule has 0 radical (unpaired) electrons. The fraction of sp³-hybridized carbons (Fsp3) is 0.100. The number of nitrogens with one attached hydrogen (secondary N) is 2. The Morgan fingerprint density at radius 3 is 2.68 bits per heavy atom. The Bertz CT molecular complexity index is 1050. The molecule has 8 heteroatoms. The topological polar surface area (TPSA) is 74.5 Å². The number of aliphatic hydroxyl groups is 1. The van der Waals surface area contributed by atoms with Crippen LogP contribution in [0.3, 0.4) is 0 Å². The number of amides is 1. The summed E-state index contributed by atoms with van der Waals surface area (Å²) >= 11 is 14.6. The van der Waals surface area contributed by atoms with Gasteiger partial charge in [-0.25, -0.2) is 0 Å². The Morgan fingerprint density at radius 2 is 2.00 bits per heavy atom. The minimum atomic E-state index is -0.399. The number of thiocarbonyl (C=S) groups is 1. The van der Waals surface area contributed by atoms with Gasteiger partial charge in [-0.2, -0.15) is 0 Å². The van der Waals surface area contributed by atoms with Gasteiger partial charge in [0.1, 0.15) is 18.1 Å². The van der Waals surface area contributed by atoms with Gasteiger partial charge in [0.25, 0.3) is 5.91 Å². The van der Waals surface area contributed by atoms with Gasteiger partial charge < -0.3 is 14.8 Å². The molecule has 3 aromatic rings. The van der Waals surface area contributed by atoms with Gasteiger partial charge >= 0.3 is 0 Å². The maximum Gasteiger partial charge on any atom is 0.258 e. The lowest BCUT2D eigenvalue weighted by Crippen LogP contribution is -2.34. The van der Waals surface area contributed by atoms with Crippen LogP contribution in [-0.4, -0.2) is 16.1 Å². The maximum absolute atomic E-state index is 12.4. The Morgan fingerprint density at radius 1 is 1.21 bits per heavy atom. The van der Waals surface area contributed by atoms with E-state index in [4.69, 9.17) is 33.3 Å². The van der Waals surface area contributed by atoms with Crippen molar-refractivity contribution in [1.29, 1.82) is 0 Å². The molecular weight excluding hydrogens is 464 g/mol. The summed E-state index contributed by atoms with van der Waals surface area (Å²) in [6, 6.07) is 14.2. The van der Waals surface area contributed by atoms with Crippen LogP contribution in [0.1, 0.15) is 21.7 Å². The normalized spacial score (nSPS) is 10.6. The predicted molar refractivity (Wildman–Crippen MR) is 118 cm³/mol. The van der Waals surface area contributed by atoms with Crippen molar-refractivity contribution in [2.45, 2.75) is 13.5 Å². The maximum atomic E-state index is 12.4. The third-order valence-electron chi connectivity index (χ3n) is 3.97. The van der Waals surface area contributed by atoms with Gasteiger partial charge in [0.15, 0.2) is 5.11 Å². The molecule has 0 atom stereocenters. The zero-order chi connectivity index (χ0) is 20.3. The predicted octanol–water partition coefficient (Wildman–Crippen LogP) is 5.29. The minimum Gasteiger partial charge on any atom is -0.459 e. The second-order valence-corrected chi connectivity index (χ2v) is 7.72. The van der Waals surface area contributed by atoms with E-state index in [9.17, 15) is 4.79 Å². The Kier molecular flexibility index (Phi) is 6.51. The van der Waals surface area contributed by atoms with Crippen LogP contribution in [0.5, 0.6) is 0 Å². The first-order valence-electron chi connectivity index (χ1n) is 8.25. The third kappa shape index (κ3) is 4.80. The minimum absolute atomic E-state index is 0.144. The standard InChI is InChI=1S/C20H16BrClN2O3S/c1-11-8-13(3-5-15(11)18-7-4-14(10-25)27-18)23-20(28)24-19(26)16-9-12(21)2-6-17(16)22/h2-9,25H,10H2,1H3,(H2,23,24,26,28). The highest BCUT2D eigenvalue weighted by atomic mass is 79.9. The van der Waals surface area contributed by atoms with Crippen molar-refractivity contribution in [2.24, 2.45) is 0 Å². The van der Waals surface area contributed by atoms with Gasteiger partial charge in [0.2, 0.25) is 0 Å². The van der Waals surface area contributed by atoms with Crippen LogP contribution in [0.4, 0.5) is 5.69 Å². The first kappa shape index (κ1) is 20.5. The van der Waals surface area contributed by atoms with E-state index in [2.05, 4.69) is 26.6 Å². The fourth-order valence-corrected chi connectivity index (χ4v) is 3.40. The first-order valence-corrected chi connectivity index (χ1v) is 9.83. The smallest absolute Gasteiger partial charge is 0.258 e. The third-order valence-corrected chi connectivity index (χ3v) is 4.99. The molecule has 0 spiro atoms. The molecule has 0 bridgehead atoms. The van der Waals surface area contributed by atoms with Crippen LogP contribution in [-0.2, 0) is 6.61 Å². The quantitative estimate of drug-likeness (QED) is 0.443. The average Bonchev–Trinajstić information content (AvgIpc) is 3.12. The average molecular weight is 480 g/mol. The van der Waals surface area contributed by atoms with Gasteiger partial charge in [-0.05, 0) is 73.2 Å². The van der Waals surface area contributed by atoms with Gasteiger partial charge in [0, 0.05) is 15.7 Å². The van der Waals surface area contributed by atoms with Crippen molar-refractivity contribution in [3.63, 3.8) is 0 Å². The highest BCUT2D eigenvalue weighted by Crippen LogP contribution is 2.28. The highest BCUT2D eigenvalue weighted by Gasteiger charge is 2.13. The van der Waals surface area contributed by atoms with Gasteiger partial charge in [-0.15, -0.1) is 0 Å². The molecule has 0 saturated heterocycles. The van der Waals surface area contributed by atoms with E-state index in [1.165, 1.54) is 0 Å². The summed E-state index contributed by atoms with van der Waals surface area (Å²) in [5.41, 5.74) is 2.90. The lowest BCUT2D eigenvalue weighted by molar-refractivity contribution is 0.0978. The van der Waals surface area contributed by atoms with Crippen LogP contribution >= 0.6 is 39.7 Å². The second kappa shape index (κ2) is 8.87. The summed E-state index contributed by atoms with van der Waals surface area (Å²) in [7, 11) is 0. The fourth-order valence-electron chi connectivity index (χ4n) is 2.63. The molecule has 1 amide bonds. The molecule has 0 aliphatic rings. The summed E-state index contributed by atoms with van der Waals surface area (Å²) in [6.45, 7) is 1.79. The van der Waals surface area contributed by atoms with E-state index >= 15 is 0 Å². The lowest BCUT2D eigenvalue weighted by atomic mass is 10.1. The number of anilines is 1. The van der Waals surface area contributed by atoms with Crippen LogP contribution in [0.2, 0.25) is 5.02 Å². The van der Waals surface area contributed by atoms with Crippen LogP contribution < -0.4 is 10.6 Å². The molecule has 3 rings (SSSR count). The van der Waals surface area contributed by atoms with Crippen molar-refractivity contribution in [3.8, 4) is 11.3 Å². The number of halogens is 2. The van der Waals surface area contributed by atoms with Gasteiger partial charge in [0.05, 0.1) is 10.6 Å². The molecule has 0 aliphatic carbocycles. The zero-order valence-corrected chi connectivity index (χ0v) is 17.9. The van der Waals surface area contributed by atoms with Crippen LogP contribution in [0.15, 0.2) is 57.4 Å². The molecule has 0 fully saturated rings. The number of benzene rings is 2. The molecule has 0 aliphatic heterocycles. The molecule has 1 heterocycles. The number of carbonyl (C=O) groups excluding carboxylic acids is 1. The number of hydrogen-bond acceptors (Lipinski definition) is 4. The lowest BCUT2D eigenvalue weighted by Gasteiger charge is -2.12. The van der Waals surface area contributed by atoms with Crippen molar-refractivity contribution < 1.29 is 14.3 Å². The monoisotopic (exact) mass is 478 g/mol. The van der Waals surface area contributed by atoms with Crippen molar-refractivity contribution >= 4 is 56.5 Å². The molecule has 144 valence electrons. The van der Waals surface area contributed by atoms with Crippen molar-refractivity contribution in [3.05, 3.63) is 74.9 Å². The van der Waals surface area contributed by atoms with Gasteiger partial charge in [-0.1, -0.05) is 27.5 Å². The van der Waals surface area contributed by atoms with E-state index in [0.29, 0.717) is 22.1 Å². The van der Waals surface area contributed by atoms with Crippen molar-refractivity contribution in [1.82, 2.24) is 5.32 Å². The molecule has 5 nitrogen and oxygen atoms in total. The molecule has 2 aromatic carbocycles. The summed E-state index contributed by atoms with van der Waals surface area (Å²) in [6.07, 6.45) is 0. The Hall–Kier alpha value is -2.19. The Balaban J connectivity index is 1.69. The number of carbonyl (C=O) groups is 1. The second-order valence-electron chi connectivity index (χ2n) is 5.99. The van der Waals surface area contributed by atoms with E-state index < -0.39 is 5.91 Å². The van der Waals surface area contributed by atoms with E-state index in [-0.39, 0.29) is 11.7 Å². The SMILES string of the molecule is Cc1cc(NC(=S)NC(=O)c2cc(Br)ccc2Cl)ccc1-c1ccc(CO)o1. The number of hydrogen-bond donors (Lipinski definition) is 3. The number of aryl methyl sites for hydroxylation is 1. The molecule has 1 aromatic heterocycles. The number of furan rings is 1.